The molecule has 230 valence electrons. The molecule has 0 saturated heterocycles. The van der Waals surface area contributed by atoms with Crippen molar-refractivity contribution in [2.24, 2.45) is 0 Å². The number of nitrogens with one attached hydrogen (secondary N) is 1. The number of methoxy groups -OCH3 is 3. The molecule has 1 heterocycles. The van der Waals surface area contributed by atoms with Crippen molar-refractivity contribution in [3.05, 3.63) is 52.6 Å². The van der Waals surface area contributed by atoms with Gasteiger partial charge in [-0.2, -0.15) is 0 Å². The predicted molar refractivity (Wildman–Crippen MR) is 162 cm³/mol. The quantitative estimate of drug-likeness (QED) is 0.243. The van der Waals surface area contributed by atoms with Crippen LogP contribution in [0.2, 0.25) is 0 Å². The van der Waals surface area contributed by atoms with Gasteiger partial charge in [0, 0.05) is 47.6 Å². The Labute approximate surface area is 252 Å². The van der Waals surface area contributed by atoms with Crippen molar-refractivity contribution >= 4 is 0 Å². The van der Waals surface area contributed by atoms with Crippen molar-refractivity contribution in [1.29, 1.82) is 0 Å². The number of benzene rings is 3. The van der Waals surface area contributed by atoms with Crippen molar-refractivity contribution in [1.82, 2.24) is 5.32 Å². The average molecular weight is 592 g/mol. The molecule has 43 heavy (non-hydrogen) atoms. The molecular weight excluding hydrogens is 550 g/mol. The molecule has 1 saturated carbocycles. The van der Waals surface area contributed by atoms with E-state index in [9.17, 15) is 15.3 Å². The third-order valence-electron chi connectivity index (χ3n) is 9.21. The van der Waals surface area contributed by atoms with Crippen LogP contribution in [0.4, 0.5) is 0 Å². The van der Waals surface area contributed by atoms with Crippen LogP contribution < -0.4 is 29.0 Å². The Kier molecular flexibility index (Phi) is 7.96. The van der Waals surface area contributed by atoms with Gasteiger partial charge in [-0.15, -0.1) is 0 Å². The number of rotatable bonds is 8. The van der Waals surface area contributed by atoms with Gasteiger partial charge in [0.2, 0.25) is 5.75 Å². The first-order valence-electron chi connectivity index (χ1n) is 15.1. The fraction of sp³-hybridized carbons (Fsp3) is 0.471. The lowest BCUT2D eigenvalue weighted by Crippen LogP contribution is -2.51. The van der Waals surface area contributed by atoms with E-state index >= 15 is 0 Å². The molecule has 3 aromatic carbocycles. The molecule has 9 heteroatoms. The molecule has 0 spiro atoms. The fourth-order valence-corrected chi connectivity index (χ4v) is 7.17. The molecule has 0 amide bonds. The van der Waals surface area contributed by atoms with Crippen LogP contribution in [0, 0.1) is 0 Å². The van der Waals surface area contributed by atoms with E-state index in [-0.39, 0.29) is 29.6 Å². The second-order valence-electron chi connectivity index (χ2n) is 11.6. The van der Waals surface area contributed by atoms with E-state index < -0.39 is 17.7 Å². The molecule has 1 fully saturated rings. The maximum absolute atomic E-state index is 11.9. The number of aliphatic hydroxyl groups excluding tert-OH is 1. The van der Waals surface area contributed by atoms with E-state index in [0.29, 0.717) is 41.0 Å². The van der Waals surface area contributed by atoms with Gasteiger partial charge >= 0.3 is 0 Å². The highest BCUT2D eigenvalue weighted by Gasteiger charge is 2.39. The Hall–Kier alpha value is -3.82. The third kappa shape index (κ3) is 5.08. The third-order valence-corrected chi connectivity index (χ3v) is 9.21. The summed E-state index contributed by atoms with van der Waals surface area (Å²) < 4.78 is 29.5. The number of ether oxygens (including phenoxy) is 5. The summed E-state index contributed by atoms with van der Waals surface area (Å²) in [7, 11) is 4.60. The number of phenolic OH excluding ortho intramolecular Hbond substituents is 2. The van der Waals surface area contributed by atoms with Gasteiger partial charge < -0.3 is 39.0 Å². The van der Waals surface area contributed by atoms with Crippen molar-refractivity contribution in [3.63, 3.8) is 0 Å². The Morgan fingerprint density at radius 3 is 2.21 bits per heavy atom. The number of hydrogen-bond acceptors (Lipinski definition) is 9. The predicted octanol–water partition coefficient (Wildman–Crippen LogP) is 5.75. The van der Waals surface area contributed by atoms with Gasteiger partial charge in [0.1, 0.15) is 23.0 Å². The zero-order chi connectivity index (χ0) is 30.3. The van der Waals surface area contributed by atoms with Crippen LogP contribution in [0.1, 0.15) is 73.3 Å². The van der Waals surface area contributed by atoms with E-state index in [4.69, 9.17) is 23.7 Å². The topological polar surface area (TPSA) is 119 Å². The molecule has 3 aliphatic rings. The lowest BCUT2D eigenvalue weighted by Gasteiger charge is -2.39. The second-order valence-corrected chi connectivity index (χ2v) is 11.6. The SMILES string of the molecule is CCNC1(Oc2cc(OC)c3c(c2)-c2c(O)cc4c(c2CC3)C(O)C(c2cc(OC)c(O)c(OC)c2)CO4)CCCCC1. The zero-order valence-corrected chi connectivity index (χ0v) is 25.3. The first-order valence-corrected chi connectivity index (χ1v) is 15.1. The van der Waals surface area contributed by atoms with Gasteiger partial charge in [-0.1, -0.05) is 13.3 Å². The van der Waals surface area contributed by atoms with Crippen LogP contribution >= 0.6 is 0 Å². The molecule has 4 N–H and O–H groups in total. The highest BCUT2D eigenvalue weighted by Crippen LogP contribution is 2.53. The second kappa shape index (κ2) is 11.7. The number of aliphatic hydroxyl groups is 1. The van der Waals surface area contributed by atoms with Crippen LogP contribution in [-0.2, 0) is 12.8 Å². The first kappa shape index (κ1) is 29.3. The molecule has 2 aliphatic carbocycles. The molecular formula is C34H41NO8. The number of aromatic hydroxyl groups is 2. The van der Waals surface area contributed by atoms with E-state index in [0.717, 1.165) is 54.7 Å². The molecule has 2 unspecified atom stereocenters. The largest absolute Gasteiger partial charge is 0.507 e. The van der Waals surface area contributed by atoms with E-state index in [1.165, 1.54) is 20.6 Å². The van der Waals surface area contributed by atoms with Gasteiger partial charge in [-0.3, -0.25) is 5.32 Å². The van der Waals surface area contributed by atoms with Gasteiger partial charge in [0.05, 0.1) is 34.0 Å². The molecule has 2 atom stereocenters. The van der Waals surface area contributed by atoms with Crippen molar-refractivity contribution in [3.8, 4) is 51.4 Å². The minimum absolute atomic E-state index is 0.0894. The van der Waals surface area contributed by atoms with Gasteiger partial charge in [-0.05, 0) is 67.1 Å². The standard InChI is InChI=1S/C34H41NO8/c1-5-35-34(11-7-6-8-12-34)43-20-15-23-21(26(16-20)39-2)9-10-22-30(23)25(36)17-27-31(22)32(37)24(18-42-27)19-13-28(40-3)33(38)29(14-19)41-4/h13-17,24,32,35-38H,5-12,18H2,1-4H3. The van der Waals surface area contributed by atoms with Gasteiger partial charge in [0.25, 0.3) is 0 Å². The lowest BCUT2D eigenvalue weighted by molar-refractivity contribution is -0.00101. The monoisotopic (exact) mass is 591 g/mol. The molecule has 0 radical (unpaired) electrons. The average Bonchev–Trinajstić information content (AvgIpc) is 3.01. The summed E-state index contributed by atoms with van der Waals surface area (Å²) >= 11 is 0. The minimum atomic E-state index is -0.931. The molecule has 6 rings (SSSR count). The number of phenols is 2. The summed E-state index contributed by atoms with van der Waals surface area (Å²) in [4.78, 5) is 0. The highest BCUT2D eigenvalue weighted by atomic mass is 16.5. The smallest absolute Gasteiger partial charge is 0.200 e. The Morgan fingerprint density at radius 2 is 1.56 bits per heavy atom. The molecule has 0 bridgehead atoms. The summed E-state index contributed by atoms with van der Waals surface area (Å²) in [6.45, 7) is 3.07. The minimum Gasteiger partial charge on any atom is -0.507 e. The van der Waals surface area contributed by atoms with Gasteiger partial charge in [-0.25, -0.2) is 0 Å². The summed E-state index contributed by atoms with van der Waals surface area (Å²) in [6, 6.07) is 8.94. The lowest BCUT2D eigenvalue weighted by atomic mass is 9.77. The Bertz CT molecular complexity index is 1480. The van der Waals surface area contributed by atoms with Crippen molar-refractivity contribution in [2.75, 3.05) is 34.5 Å². The molecule has 3 aromatic rings. The van der Waals surface area contributed by atoms with Crippen LogP contribution in [-0.4, -0.2) is 55.5 Å². The van der Waals surface area contributed by atoms with Crippen molar-refractivity contribution < 1.29 is 39.0 Å². The summed E-state index contributed by atoms with van der Waals surface area (Å²) in [5.74, 6) is 1.90. The summed E-state index contributed by atoms with van der Waals surface area (Å²) in [5.41, 5.74) is 4.26. The van der Waals surface area contributed by atoms with Gasteiger partial charge in [0.15, 0.2) is 17.2 Å². The van der Waals surface area contributed by atoms with Crippen molar-refractivity contribution in [2.45, 2.75) is 69.6 Å². The van der Waals surface area contributed by atoms with E-state index in [1.807, 2.05) is 12.1 Å². The highest BCUT2D eigenvalue weighted by molar-refractivity contribution is 5.84. The Balaban J connectivity index is 1.44. The normalized spacial score (nSPS) is 20.2. The van der Waals surface area contributed by atoms with E-state index in [1.54, 1.807) is 25.3 Å². The number of hydrogen-bond donors (Lipinski definition) is 4. The summed E-state index contributed by atoms with van der Waals surface area (Å²) in [6.07, 6.45) is 5.57. The van der Waals surface area contributed by atoms with Crippen LogP contribution in [0.25, 0.3) is 11.1 Å². The van der Waals surface area contributed by atoms with Crippen LogP contribution in [0.5, 0.6) is 40.2 Å². The fourth-order valence-electron chi connectivity index (χ4n) is 7.17. The van der Waals surface area contributed by atoms with E-state index in [2.05, 4.69) is 12.2 Å². The Morgan fingerprint density at radius 1 is 0.884 bits per heavy atom. The number of fused-ring (bicyclic) bond motifs is 5. The molecule has 1 aliphatic heterocycles. The van der Waals surface area contributed by atoms with Crippen LogP contribution in [0.15, 0.2) is 30.3 Å². The zero-order valence-electron chi connectivity index (χ0n) is 25.3. The maximum atomic E-state index is 11.9. The summed E-state index contributed by atoms with van der Waals surface area (Å²) in [5, 5.41) is 37.3. The molecule has 9 nitrogen and oxygen atoms in total. The maximum Gasteiger partial charge on any atom is 0.200 e. The van der Waals surface area contributed by atoms with Crippen LogP contribution in [0.3, 0.4) is 0 Å². The molecule has 0 aromatic heterocycles. The first-order chi connectivity index (χ1) is 20.8.